The van der Waals surface area contributed by atoms with Crippen molar-refractivity contribution in [3.05, 3.63) is 78.1 Å². The Labute approximate surface area is 201 Å². The maximum atomic E-state index is 11.3. The highest BCUT2D eigenvalue weighted by molar-refractivity contribution is 6.02. The number of hydrogen-bond acceptors (Lipinski definition) is 6. The zero-order valence-electron chi connectivity index (χ0n) is 19.4. The van der Waals surface area contributed by atoms with Gasteiger partial charge in [-0.05, 0) is 40.8 Å². The largest absolute Gasteiger partial charge is 0.497 e. The zero-order valence-corrected chi connectivity index (χ0v) is 19.4. The first kappa shape index (κ1) is 22.2. The van der Waals surface area contributed by atoms with E-state index in [4.69, 9.17) is 15.2 Å². The Morgan fingerprint density at radius 2 is 1.91 bits per heavy atom. The zero-order chi connectivity index (χ0) is 24.5. The molecule has 35 heavy (non-hydrogen) atoms. The van der Waals surface area contributed by atoms with Crippen molar-refractivity contribution in [1.82, 2.24) is 14.8 Å². The van der Waals surface area contributed by atoms with E-state index in [1.165, 1.54) is 0 Å². The molecule has 8 nitrogen and oxygen atoms in total. The normalized spacial score (nSPS) is 11.1. The molecule has 3 N–H and O–H groups in total. The summed E-state index contributed by atoms with van der Waals surface area (Å²) in [5.74, 6) is 0.612. The topological polar surface area (TPSA) is 112 Å². The van der Waals surface area contributed by atoms with Gasteiger partial charge in [0, 0.05) is 35.6 Å². The van der Waals surface area contributed by atoms with Gasteiger partial charge < -0.3 is 20.3 Å². The van der Waals surface area contributed by atoms with Gasteiger partial charge in [-0.25, -0.2) is 4.98 Å². The molecule has 0 fully saturated rings. The fraction of sp³-hybridized carbons (Fsp3) is 0.148. The number of carbonyl (C=O) groups is 1. The van der Waals surface area contributed by atoms with Crippen LogP contribution in [0.2, 0.25) is 0 Å². The molecule has 0 saturated carbocycles. The molecule has 0 saturated heterocycles. The van der Waals surface area contributed by atoms with Gasteiger partial charge in [-0.3, -0.25) is 9.48 Å². The van der Waals surface area contributed by atoms with Crippen molar-refractivity contribution < 1.29 is 19.4 Å². The summed E-state index contributed by atoms with van der Waals surface area (Å²) in [6, 6.07) is 19.3. The number of aliphatic carboxylic acids is 1. The van der Waals surface area contributed by atoms with Gasteiger partial charge in [-0.1, -0.05) is 30.3 Å². The van der Waals surface area contributed by atoms with Crippen LogP contribution in [0.5, 0.6) is 11.5 Å². The molecular weight excluding hydrogens is 444 g/mol. The summed E-state index contributed by atoms with van der Waals surface area (Å²) in [5, 5.41) is 16.8. The van der Waals surface area contributed by atoms with Crippen LogP contribution in [0.3, 0.4) is 0 Å². The average Bonchev–Trinajstić information content (AvgIpc) is 3.17. The molecule has 0 aliphatic rings. The van der Waals surface area contributed by atoms with E-state index in [-0.39, 0.29) is 13.0 Å². The molecular formula is C27H24N4O4. The van der Waals surface area contributed by atoms with Crippen LogP contribution in [0.15, 0.2) is 66.9 Å². The highest BCUT2D eigenvalue weighted by Gasteiger charge is 2.15. The molecule has 0 spiro atoms. The number of nitrogens with two attached hydrogens (primary N) is 1. The summed E-state index contributed by atoms with van der Waals surface area (Å²) in [6.45, 7) is 0.174. The molecule has 0 unspecified atom stereocenters. The van der Waals surface area contributed by atoms with Crippen molar-refractivity contribution in [1.29, 1.82) is 0 Å². The first-order chi connectivity index (χ1) is 16.9. The third kappa shape index (κ3) is 4.21. The van der Waals surface area contributed by atoms with Crippen molar-refractivity contribution in [3.63, 3.8) is 0 Å². The van der Waals surface area contributed by atoms with E-state index in [9.17, 15) is 9.90 Å². The lowest BCUT2D eigenvalue weighted by Gasteiger charge is -2.12. The number of carboxylic acids is 1. The Bertz CT molecular complexity index is 1580. The van der Waals surface area contributed by atoms with Gasteiger partial charge >= 0.3 is 5.97 Å². The number of benzene rings is 3. The van der Waals surface area contributed by atoms with Gasteiger partial charge in [-0.15, -0.1) is 0 Å². The summed E-state index contributed by atoms with van der Waals surface area (Å²) in [5.41, 5.74) is 10.4. The van der Waals surface area contributed by atoms with Crippen LogP contribution in [0.4, 0.5) is 5.82 Å². The van der Waals surface area contributed by atoms with E-state index >= 15 is 0 Å². The maximum Gasteiger partial charge on any atom is 0.307 e. The van der Waals surface area contributed by atoms with Crippen molar-refractivity contribution in [2.75, 3.05) is 12.8 Å². The minimum atomic E-state index is -0.932. The number of aryl methyl sites for hydroxylation is 1. The fourth-order valence-corrected chi connectivity index (χ4v) is 4.35. The van der Waals surface area contributed by atoms with E-state index in [0.29, 0.717) is 22.9 Å². The third-order valence-electron chi connectivity index (χ3n) is 6.06. The van der Waals surface area contributed by atoms with Crippen LogP contribution in [0, 0.1) is 0 Å². The number of fused-ring (bicyclic) bond motifs is 2. The highest BCUT2D eigenvalue weighted by atomic mass is 16.5. The highest BCUT2D eigenvalue weighted by Crippen LogP contribution is 2.33. The lowest BCUT2D eigenvalue weighted by atomic mass is 9.97. The van der Waals surface area contributed by atoms with Gasteiger partial charge in [0.05, 0.1) is 19.0 Å². The number of pyridine rings is 1. The minimum Gasteiger partial charge on any atom is -0.497 e. The van der Waals surface area contributed by atoms with Crippen molar-refractivity contribution in [3.8, 4) is 22.6 Å². The number of aromatic nitrogens is 3. The molecule has 0 radical (unpaired) electrons. The summed E-state index contributed by atoms with van der Waals surface area (Å²) in [4.78, 5) is 15.5. The number of nitrogens with zero attached hydrogens (tertiary/aromatic N) is 3. The molecule has 3 aromatic carbocycles. The van der Waals surface area contributed by atoms with Crippen LogP contribution < -0.4 is 15.2 Å². The number of rotatable bonds is 7. The Morgan fingerprint density at radius 3 is 2.71 bits per heavy atom. The van der Waals surface area contributed by atoms with E-state index < -0.39 is 5.97 Å². The summed E-state index contributed by atoms with van der Waals surface area (Å²) >= 11 is 0. The SMILES string of the molecule is COc1ccc(CC(=O)O)c(OCc2nn(C)c3ccc(-c4cccc5c(N)nccc45)cc23)c1. The predicted octanol–water partition coefficient (Wildman–Crippen LogP) is 4.59. The molecule has 0 amide bonds. The average molecular weight is 469 g/mol. The van der Waals surface area contributed by atoms with Crippen molar-refractivity contribution in [2.24, 2.45) is 7.05 Å². The molecule has 2 heterocycles. The standard InChI is InChI=1S/C27H24N4O4/c1-31-24-9-7-16(19-4-3-5-21-20(19)10-11-29-27(21)28)12-22(24)23(30-31)15-35-25-14-18(34-2)8-6-17(25)13-26(32)33/h3-12,14H,13,15H2,1-2H3,(H2,28,29)(H,32,33). The second kappa shape index (κ2) is 8.98. The monoisotopic (exact) mass is 468 g/mol. The Hall–Kier alpha value is -4.59. The first-order valence-corrected chi connectivity index (χ1v) is 11.1. The van der Waals surface area contributed by atoms with Crippen LogP contribution in [-0.4, -0.2) is 33.0 Å². The van der Waals surface area contributed by atoms with Gasteiger partial charge in [0.1, 0.15) is 29.6 Å². The molecule has 5 aromatic rings. The van der Waals surface area contributed by atoms with Crippen LogP contribution in [0.1, 0.15) is 11.3 Å². The van der Waals surface area contributed by atoms with E-state index in [1.54, 1.807) is 31.5 Å². The summed E-state index contributed by atoms with van der Waals surface area (Å²) in [7, 11) is 3.44. The number of anilines is 1. The third-order valence-corrected chi connectivity index (χ3v) is 6.06. The smallest absolute Gasteiger partial charge is 0.307 e. The fourth-order valence-electron chi connectivity index (χ4n) is 4.35. The molecule has 0 aliphatic heterocycles. The van der Waals surface area contributed by atoms with Gasteiger partial charge in [0.25, 0.3) is 0 Å². The second-order valence-corrected chi connectivity index (χ2v) is 8.23. The lowest BCUT2D eigenvalue weighted by Crippen LogP contribution is -2.05. The quantitative estimate of drug-likeness (QED) is 0.359. The molecule has 0 atom stereocenters. The number of carboxylic acid groups (broad SMARTS) is 1. The number of ether oxygens (including phenoxy) is 2. The Morgan fingerprint density at radius 1 is 1.06 bits per heavy atom. The molecule has 0 bridgehead atoms. The predicted molar refractivity (Wildman–Crippen MR) is 135 cm³/mol. The summed E-state index contributed by atoms with van der Waals surface area (Å²) < 4.78 is 13.2. The first-order valence-electron chi connectivity index (χ1n) is 11.1. The minimum absolute atomic E-state index is 0.147. The Balaban J connectivity index is 1.53. The maximum absolute atomic E-state index is 11.3. The molecule has 5 rings (SSSR count). The van der Waals surface area contributed by atoms with Gasteiger partial charge in [0.15, 0.2) is 0 Å². The van der Waals surface area contributed by atoms with Gasteiger partial charge in [-0.2, -0.15) is 5.10 Å². The molecule has 8 heteroatoms. The second-order valence-electron chi connectivity index (χ2n) is 8.23. The number of nitrogen functional groups attached to an aromatic ring is 1. The van der Waals surface area contributed by atoms with Crippen molar-refractivity contribution >= 4 is 33.5 Å². The summed E-state index contributed by atoms with van der Waals surface area (Å²) in [6.07, 6.45) is 1.57. The van der Waals surface area contributed by atoms with Crippen LogP contribution >= 0.6 is 0 Å². The van der Waals surface area contributed by atoms with E-state index in [2.05, 4.69) is 28.3 Å². The van der Waals surface area contributed by atoms with Crippen molar-refractivity contribution in [2.45, 2.75) is 13.0 Å². The number of methoxy groups -OCH3 is 1. The van der Waals surface area contributed by atoms with Crippen LogP contribution in [0.25, 0.3) is 32.8 Å². The Kier molecular flexibility index (Phi) is 5.70. The van der Waals surface area contributed by atoms with Crippen LogP contribution in [-0.2, 0) is 24.9 Å². The van der Waals surface area contributed by atoms with E-state index in [1.807, 2.05) is 36.0 Å². The number of hydrogen-bond donors (Lipinski definition) is 2. The van der Waals surface area contributed by atoms with E-state index in [0.717, 1.165) is 38.5 Å². The molecule has 2 aromatic heterocycles. The molecule has 176 valence electrons. The van der Waals surface area contributed by atoms with Gasteiger partial charge in [0.2, 0.25) is 0 Å². The molecule has 0 aliphatic carbocycles. The lowest BCUT2D eigenvalue weighted by molar-refractivity contribution is -0.136.